The summed E-state index contributed by atoms with van der Waals surface area (Å²) >= 11 is 0. The van der Waals surface area contributed by atoms with Gasteiger partial charge in [0.05, 0.1) is 22.6 Å². The third-order valence-electron chi connectivity index (χ3n) is 3.78. The van der Waals surface area contributed by atoms with Gasteiger partial charge in [0.25, 0.3) is 0 Å². The summed E-state index contributed by atoms with van der Waals surface area (Å²) < 4.78 is 0. The Morgan fingerprint density at radius 1 is 1.22 bits per heavy atom. The number of likely N-dealkylation sites (tertiary alicyclic amines) is 1. The molecule has 1 saturated heterocycles. The van der Waals surface area contributed by atoms with Gasteiger partial charge in [-0.25, -0.2) is 0 Å². The number of rotatable bonds is 1. The molecule has 0 spiro atoms. The lowest BCUT2D eigenvalue weighted by molar-refractivity contribution is 0.411. The number of para-hydroxylation sites is 1. The van der Waals surface area contributed by atoms with Crippen LogP contribution < -0.4 is 11.5 Å². The van der Waals surface area contributed by atoms with Gasteiger partial charge in [-0.1, -0.05) is 18.2 Å². The van der Waals surface area contributed by atoms with Crippen LogP contribution in [-0.2, 0) is 0 Å². The first-order valence-electron chi connectivity index (χ1n) is 6.29. The largest absolute Gasteiger partial charge is 0.396 e. The van der Waals surface area contributed by atoms with E-state index >= 15 is 0 Å². The molecule has 0 bridgehead atoms. The topological polar surface area (TPSA) is 68.2 Å². The predicted molar refractivity (Wildman–Crippen MR) is 75.4 cm³/mol. The van der Waals surface area contributed by atoms with Gasteiger partial charge in [0.1, 0.15) is 0 Å². The molecule has 94 valence electrons. The fourth-order valence-electron chi connectivity index (χ4n) is 2.74. The highest BCUT2D eigenvalue weighted by Crippen LogP contribution is 2.35. The number of likely N-dealkylation sites (N-methyl/N-ethyl adjacent to an activating group) is 1. The standard InChI is InChI=1S/C14H18N4/c1-18-7-6-9(8-18)14-13(16)12(15)10-4-2-3-5-11(10)17-14/h2-5,9H,6-8,16H2,1H3,(H2,15,17)/t9-/m1/s1. The third kappa shape index (κ3) is 1.69. The number of nitrogen functional groups attached to an aromatic ring is 2. The van der Waals surface area contributed by atoms with Crippen molar-refractivity contribution >= 4 is 22.3 Å². The number of anilines is 2. The van der Waals surface area contributed by atoms with Gasteiger partial charge >= 0.3 is 0 Å². The number of nitrogens with two attached hydrogens (primary N) is 2. The molecule has 0 unspecified atom stereocenters. The number of aromatic nitrogens is 1. The molecular formula is C14H18N4. The lowest BCUT2D eigenvalue weighted by atomic mass is 10.00. The van der Waals surface area contributed by atoms with Crippen molar-refractivity contribution in [2.75, 3.05) is 31.6 Å². The molecule has 0 saturated carbocycles. The lowest BCUT2D eigenvalue weighted by Gasteiger charge is -2.15. The van der Waals surface area contributed by atoms with E-state index in [-0.39, 0.29) is 0 Å². The molecule has 1 aliphatic rings. The third-order valence-corrected chi connectivity index (χ3v) is 3.78. The van der Waals surface area contributed by atoms with E-state index in [1.165, 1.54) is 0 Å². The molecule has 0 radical (unpaired) electrons. The van der Waals surface area contributed by atoms with Crippen LogP contribution in [0.5, 0.6) is 0 Å². The van der Waals surface area contributed by atoms with Crippen LogP contribution in [0.1, 0.15) is 18.0 Å². The number of benzene rings is 1. The van der Waals surface area contributed by atoms with Crippen LogP contribution >= 0.6 is 0 Å². The summed E-state index contributed by atoms with van der Waals surface area (Å²) in [5.41, 5.74) is 15.5. The zero-order valence-electron chi connectivity index (χ0n) is 10.6. The van der Waals surface area contributed by atoms with E-state index in [1.807, 2.05) is 24.3 Å². The molecule has 3 rings (SSSR count). The first kappa shape index (κ1) is 11.3. The zero-order valence-corrected chi connectivity index (χ0v) is 10.6. The monoisotopic (exact) mass is 242 g/mol. The van der Waals surface area contributed by atoms with Gasteiger partial charge in [-0.15, -0.1) is 0 Å². The van der Waals surface area contributed by atoms with Crippen LogP contribution in [0.4, 0.5) is 11.4 Å². The van der Waals surface area contributed by atoms with Crippen LogP contribution in [0.15, 0.2) is 24.3 Å². The molecule has 4 N–H and O–H groups in total. The van der Waals surface area contributed by atoms with Gasteiger partial charge < -0.3 is 16.4 Å². The maximum absolute atomic E-state index is 6.17. The number of nitrogens with zero attached hydrogens (tertiary/aromatic N) is 2. The van der Waals surface area contributed by atoms with Gasteiger partial charge in [0.2, 0.25) is 0 Å². The molecule has 1 atom stereocenters. The van der Waals surface area contributed by atoms with Crippen LogP contribution in [0.3, 0.4) is 0 Å². The number of fused-ring (bicyclic) bond motifs is 1. The average molecular weight is 242 g/mol. The zero-order chi connectivity index (χ0) is 12.7. The molecule has 2 heterocycles. The Hall–Kier alpha value is -1.81. The average Bonchev–Trinajstić information content (AvgIpc) is 2.80. The Labute approximate surface area is 107 Å². The van der Waals surface area contributed by atoms with Crippen LogP contribution in [0.25, 0.3) is 10.9 Å². The fourth-order valence-corrected chi connectivity index (χ4v) is 2.74. The number of hydrogen-bond donors (Lipinski definition) is 2. The Morgan fingerprint density at radius 2 is 2.00 bits per heavy atom. The van der Waals surface area contributed by atoms with Crippen molar-refractivity contribution in [3.05, 3.63) is 30.0 Å². The molecule has 1 aromatic heterocycles. The minimum Gasteiger partial charge on any atom is -0.396 e. The summed E-state index contributed by atoms with van der Waals surface area (Å²) in [6.07, 6.45) is 1.10. The molecule has 4 heteroatoms. The van der Waals surface area contributed by atoms with E-state index in [0.29, 0.717) is 17.3 Å². The minimum atomic E-state index is 0.405. The molecule has 0 aliphatic carbocycles. The second kappa shape index (κ2) is 4.14. The fraction of sp³-hybridized carbons (Fsp3) is 0.357. The van der Waals surface area contributed by atoms with Gasteiger partial charge in [-0.2, -0.15) is 0 Å². The summed E-state index contributed by atoms with van der Waals surface area (Å²) in [4.78, 5) is 7.02. The van der Waals surface area contributed by atoms with Crippen LogP contribution in [0, 0.1) is 0 Å². The number of pyridine rings is 1. The quantitative estimate of drug-likeness (QED) is 0.800. The minimum absolute atomic E-state index is 0.405. The number of hydrogen-bond acceptors (Lipinski definition) is 4. The Kier molecular flexibility index (Phi) is 2.59. The van der Waals surface area contributed by atoms with Gasteiger partial charge in [0, 0.05) is 17.8 Å². The first-order chi connectivity index (χ1) is 8.66. The maximum atomic E-state index is 6.17. The SMILES string of the molecule is CN1CC[C@@H](c2nc3ccccc3c(N)c2N)C1. The summed E-state index contributed by atoms with van der Waals surface area (Å²) in [5, 5.41) is 0.949. The van der Waals surface area contributed by atoms with Crippen molar-refractivity contribution in [1.29, 1.82) is 0 Å². The van der Waals surface area contributed by atoms with Crippen molar-refractivity contribution in [2.45, 2.75) is 12.3 Å². The van der Waals surface area contributed by atoms with E-state index in [9.17, 15) is 0 Å². The molecule has 0 amide bonds. The highest BCUT2D eigenvalue weighted by atomic mass is 15.1. The van der Waals surface area contributed by atoms with Gasteiger partial charge in [-0.3, -0.25) is 4.98 Å². The maximum Gasteiger partial charge on any atom is 0.0777 e. The van der Waals surface area contributed by atoms with E-state index in [4.69, 9.17) is 16.5 Å². The second-order valence-electron chi connectivity index (χ2n) is 5.09. The van der Waals surface area contributed by atoms with Gasteiger partial charge in [0.15, 0.2) is 0 Å². The van der Waals surface area contributed by atoms with Crippen molar-refractivity contribution < 1.29 is 0 Å². The molecule has 2 aromatic rings. The highest BCUT2D eigenvalue weighted by Gasteiger charge is 2.25. The predicted octanol–water partition coefficient (Wildman–Crippen LogP) is 1.82. The van der Waals surface area contributed by atoms with Gasteiger partial charge in [-0.05, 0) is 26.1 Å². The first-order valence-corrected chi connectivity index (χ1v) is 6.29. The molecule has 18 heavy (non-hydrogen) atoms. The molecular weight excluding hydrogens is 224 g/mol. The van der Waals surface area contributed by atoms with Crippen molar-refractivity contribution in [2.24, 2.45) is 0 Å². The van der Waals surface area contributed by atoms with Crippen molar-refractivity contribution in [3.8, 4) is 0 Å². The summed E-state index contributed by atoms with van der Waals surface area (Å²) in [5.74, 6) is 0.405. The molecule has 1 aliphatic heterocycles. The molecule has 1 fully saturated rings. The van der Waals surface area contributed by atoms with Crippen molar-refractivity contribution in [3.63, 3.8) is 0 Å². The normalized spacial score (nSPS) is 20.6. The van der Waals surface area contributed by atoms with Crippen LogP contribution in [0.2, 0.25) is 0 Å². The summed E-state index contributed by atoms with van der Waals surface area (Å²) in [7, 11) is 2.13. The second-order valence-corrected chi connectivity index (χ2v) is 5.09. The van der Waals surface area contributed by atoms with Crippen LogP contribution in [-0.4, -0.2) is 30.0 Å². The van der Waals surface area contributed by atoms with E-state index in [1.54, 1.807) is 0 Å². The van der Waals surface area contributed by atoms with E-state index in [0.717, 1.165) is 36.1 Å². The smallest absolute Gasteiger partial charge is 0.0777 e. The Balaban J connectivity index is 2.15. The molecule has 4 nitrogen and oxygen atoms in total. The summed E-state index contributed by atoms with van der Waals surface area (Å²) in [6, 6.07) is 7.91. The lowest BCUT2D eigenvalue weighted by Crippen LogP contribution is -2.15. The van der Waals surface area contributed by atoms with E-state index in [2.05, 4.69) is 11.9 Å². The van der Waals surface area contributed by atoms with E-state index < -0.39 is 0 Å². The Bertz CT molecular complexity index is 594. The molecule has 1 aromatic carbocycles. The Morgan fingerprint density at radius 3 is 2.72 bits per heavy atom. The highest BCUT2D eigenvalue weighted by molar-refractivity contribution is 5.96. The van der Waals surface area contributed by atoms with Crippen molar-refractivity contribution in [1.82, 2.24) is 9.88 Å². The summed E-state index contributed by atoms with van der Waals surface area (Å²) in [6.45, 7) is 2.10.